The highest BCUT2D eigenvalue weighted by Gasteiger charge is 2.33. The molecule has 3 aliphatic rings. The molecule has 30 heavy (non-hydrogen) atoms. The second-order valence-corrected chi connectivity index (χ2v) is 9.10. The lowest BCUT2D eigenvalue weighted by molar-refractivity contribution is 0.127. The molecule has 0 radical (unpaired) electrons. The Hall–Kier alpha value is -2.15. The van der Waals surface area contributed by atoms with Crippen molar-refractivity contribution in [1.29, 1.82) is 0 Å². The van der Waals surface area contributed by atoms with Crippen LogP contribution in [0.3, 0.4) is 0 Å². The molecular weight excluding hydrogens is 385 g/mol. The van der Waals surface area contributed by atoms with Crippen LogP contribution in [0.15, 0.2) is 22.7 Å². The molecule has 7 heteroatoms. The largest absolute Gasteiger partial charge is 0.448 e. The third-order valence-corrected chi connectivity index (χ3v) is 7.34. The van der Waals surface area contributed by atoms with Gasteiger partial charge in [0.05, 0.1) is 12.2 Å². The summed E-state index contributed by atoms with van der Waals surface area (Å²) in [5.74, 6) is 0.880. The first-order valence-corrected chi connectivity index (χ1v) is 11.4. The van der Waals surface area contributed by atoms with Gasteiger partial charge in [-0.05, 0) is 82.6 Å². The van der Waals surface area contributed by atoms with E-state index in [4.69, 9.17) is 9.26 Å². The van der Waals surface area contributed by atoms with E-state index in [0.717, 1.165) is 68.9 Å². The molecule has 0 unspecified atom stereocenters. The van der Waals surface area contributed by atoms with Crippen molar-refractivity contribution in [3.05, 3.63) is 29.7 Å². The molecule has 1 saturated carbocycles. The number of aromatic nitrogens is 1. The number of carbonyl (C=O) groups excluding carboxylic acids is 1. The fourth-order valence-electron chi connectivity index (χ4n) is 5.50. The molecule has 1 aliphatic carbocycles. The lowest BCUT2D eigenvalue weighted by Crippen LogP contribution is -2.39. The molecule has 162 valence electrons. The smallest absolute Gasteiger partial charge is 0.410 e. The minimum Gasteiger partial charge on any atom is -0.448 e. The summed E-state index contributed by atoms with van der Waals surface area (Å²) in [6.45, 7) is 4.62. The van der Waals surface area contributed by atoms with Crippen molar-refractivity contribution < 1.29 is 18.4 Å². The number of hydrogen-bond acceptors (Lipinski definition) is 5. The predicted octanol–water partition coefficient (Wildman–Crippen LogP) is 4.55. The number of cyclic esters (lactones) is 1. The Morgan fingerprint density at radius 3 is 2.60 bits per heavy atom. The van der Waals surface area contributed by atoms with Crippen molar-refractivity contribution in [2.45, 2.75) is 56.9 Å². The highest BCUT2D eigenvalue weighted by atomic mass is 19.1. The molecule has 0 spiro atoms. The van der Waals surface area contributed by atoms with Crippen LogP contribution in [0.2, 0.25) is 0 Å². The van der Waals surface area contributed by atoms with Crippen LogP contribution < -0.4 is 0 Å². The van der Waals surface area contributed by atoms with Crippen molar-refractivity contribution in [3.63, 3.8) is 0 Å². The van der Waals surface area contributed by atoms with Crippen molar-refractivity contribution in [1.82, 2.24) is 15.0 Å². The highest BCUT2D eigenvalue weighted by molar-refractivity contribution is 5.79. The average molecular weight is 416 g/mol. The van der Waals surface area contributed by atoms with Crippen LogP contribution in [0, 0.1) is 11.7 Å². The van der Waals surface area contributed by atoms with Gasteiger partial charge in [-0.1, -0.05) is 5.16 Å². The van der Waals surface area contributed by atoms with E-state index in [9.17, 15) is 9.18 Å². The van der Waals surface area contributed by atoms with E-state index in [1.807, 2.05) is 4.90 Å². The quantitative estimate of drug-likeness (QED) is 0.717. The third kappa shape index (κ3) is 4.04. The van der Waals surface area contributed by atoms with E-state index in [1.165, 1.54) is 31.4 Å². The Morgan fingerprint density at radius 1 is 1.07 bits per heavy atom. The van der Waals surface area contributed by atoms with Crippen LogP contribution >= 0.6 is 0 Å². The Bertz CT molecular complexity index is 885. The lowest BCUT2D eigenvalue weighted by Gasteiger charge is -2.35. The predicted molar refractivity (Wildman–Crippen MR) is 111 cm³/mol. The summed E-state index contributed by atoms with van der Waals surface area (Å²) >= 11 is 0. The number of hydrogen-bond donors (Lipinski definition) is 0. The molecule has 1 aromatic carbocycles. The summed E-state index contributed by atoms with van der Waals surface area (Å²) in [5.41, 5.74) is 1.54. The maximum atomic E-state index is 13.4. The topological polar surface area (TPSA) is 58.8 Å². The number of ether oxygens (including phenoxy) is 1. The van der Waals surface area contributed by atoms with E-state index >= 15 is 0 Å². The van der Waals surface area contributed by atoms with Gasteiger partial charge >= 0.3 is 6.09 Å². The fourth-order valence-corrected chi connectivity index (χ4v) is 5.50. The maximum Gasteiger partial charge on any atom is 0.410 e. The van der Waals surface area contributed by atoms with E-state index in [1.54, 1.807) is 6.07 Å². The van der Waals surface area contributed by atoms with Crippen LogP contribution in [0.4, 0.5) is 9.18 Å². The summed E-state index contributed by atoms with van der Waals surface area (Å²) in [4.78, 5) is 16.3. The summed E-state index contributed by atoms with van der Waals surface area (Å²) < 4.78 is 23.8. The number of rotatable bonds is 5. The number of piperidine rings is 1. The molecule has 0 atom stereocenters. The molecule has 6 nitrogen and oxygen atoms in total. The molecule has 2 saturated heterocycles. The molecule has 2 aromatic rings. The molecule has 3 fully saturated rings. The summed E-state index contributed by atoms with van der Waals surface area (Å²) in [7, 11) is 0. The first-order chi connectivity index (χ1) is 14.7. The van der Waals surface area contributed by atoms with Crippen molar-refractivity contribution >= 4 is 17.1 Å². The number of halogens is 1. The van der Waals surface area contributed by atoms with Gasteiger partial charge in [0.25, 0.3) is 0 Å². The number of carbonyl (C=O) groups is 1. The molecule has 1 amide bonds. The third-order valence-electron chi connectivity index (χ3n) is 7.34. The van der Waals surface area contributed by atoms with E-state index < -0.39 is 0 Å². The molecule has 3 heterocycles. The summed E-state index contributed by atoms with van der Waals surface area (Å²) in [5, 5.41) is 5.20. The zero-order valence-corrected chi connectivity index (χ0v) is 17.4. The van der Waals surface area contributed by atoms with Gasteiger partial charge in [-0.2, -0.15) is 0 Å². The number of amides is 1. The van der Waals surface area contributed by atoms with Gasteiger partial charge in [0.2, 0.25) is 0 Å². The molecule has 0 N–H and O–H groups in total. The summed E-state index contributed by atoms with van der Waals surface area (Å²) in [6.07, 6.45) is 7.92. The van der Waals surface area contributed by atoms with Gasteiger partial charge in [0.1, 0.15) is 12.4 Å². The zero-order valence-electron chi connectivity index (χ0n) is 17.4. The SMILES string of the molecule is O=C1OCCN1C1CCC(CCN2CCC(c3noc4cc(F)ccc34)CC2)CC1. The van der Waals surface area contributed by atoms with E-state index in [2.05, 4.69) is 10.1 Å². The number of benzene rings is 1. The van der Waals surface area contributed by atoms with E-state index in [-0.39, 0.29) is 11.9 Å². The first-order valence-electron chi connectivity index (χ1n) is 11.4. The Kier molecular flexibility index (Phi) is 5.63. The zero-order chi connectivity index (χ0) is 20.5. The molecule has 1 aromatic heterocycles. The molecule has 2 aliphatic heterocycles. The average Bonchev–Trinajstić information content (AvgIpc) is 3.39. The van der Waals surface area contributed by atoms with Crippen molar-refractivity contribution in [2.75, 3.05) is 32.8 Å². The molecule has 0 bridgehead atoms. The Labute approximate surface area is 176 Å². The molecule has 5 rings (SSSR count). The second kappa shape index (κ2) is 8.53. The number of nitrogens with zero attached hydrogens (tertiary/aromatic N) is 3. The normalized spacial score (nSPS) is 26.4. The summed E-state index contributed by atoms with van der Waals surface area (Å²) in [6, 6.07) is 5.08. The van der Waals surface area contributed by atoms with Gasteiger partial charge in [-0.25, -0.2) is 9.18 Å². The van der Waals surface area contributed by atoms with Crippen LogP contribution in [0.25, 0.3) is 11.0 Å². The number of likely N-dealkylation sites (tertiary alicyclic amines) is 1. The minimum absolute atomic E-state index is 0.119. The molecular formula is C23H30FN3O3. The van der Waals surface area contributed by atoms with Crippen molar-refractivity contribution in [3.8, 4) is 0 Å². The highest BCUT2D eigenvalue weighted by Crippen LogP contribution is 2.34. The van der Waals surface area contributed by atoms with Gasteiger partial charge in [-0.15, -0.1) is 0 Å². The van der Waals surface area contributed by atoms with Gasteiger partial charge in [0.15, 0.2) is 5.58 Å². The fraction of sp³-hybridized carbons (Fsp3) is 0.652. The van der Waals surface area contributed by atoms with Crippen LogP contribution in [-0.4, -0.2) is 59.9 Å². The second-order valence-electron chi connectivity index (χ2n) is 9.10. The lowest BCUT2D eigenvalue weighted by atomic mass is 9.83. The van der Waals surface area contributed by atoms with Crippen molar-refractivity contribution in [2.24, 2.45) is 5.92 Å². The first kappa shape index (κ1) is 19.8. The monoisotopic (exact) mass is 415 g/mol. The maximum absolute atomic E-state index is 13.4. The van der Waals surface area contributed by atoms with Gasteiger partial charge in [0, 0.05) is 23.4 Å². The van der Waals surface area contributed by atoms with Gasteiger partial charge in [-0.3, -0.25) is 0 Å². The Balaban J connectivity index is 1.07. The van der Waals surface area contributed by atoms with Crippen LogP contribution in [0.1, 0.15) is 56.6 Å². The van der Waals surface area contributed by atoms with E-state index in [0.29, 0.717) is 24.1 Å². The van der Waals surface area contributed by atoms with Crippen LogP contribution in [0.5, 0.6) is 0 Å². The van der Waals surface area contributed by atoms with Gasteiger partial charge < -0.3 is 19.1 Å². The van der Waals surface area contributed by atoms with Crippen LogP contribution in [-0.2, 0) is 4.74 Å². The standard InChI is InChI=1S/C23H30FN3O3/c24-18-3-6-20-21(15-18)30-25-22(20)17-8-11-26(12-9-17)10-7-16-1-4-19(5-2-16)27-13-14-29-23(27)28/h3,6,15-17,19H,1-2,4-5,7-14H2. The number of fused-ring (bicyclic) bond motifs is 1. The Morgan fingerprint density at radius 2 is 1.87 bits per heavy atom. The minimum atomic E-state index is -0.283.